The molecule has 1 aliphatic rings. The highest BCUT2D eigenvalue weighted by Gasteiger charge is 2.12. The van der Waals surface area contributed by atoms with Crippen molar-refractivity contribution in [1.29, 1.82) is 0 Å². The lowest BCUT2D eigenvalue weighted by Gasteiger charge is -2.16. The summed E-state index contributed by atoms with van der Waals surface area (Å²) in [6.07, 6.45) is 7.91. The molecule has 0 aliphatic heterocycles. The lowest BCUT2D eigenvalue weighted by molar-refractivity contribution is 0.0950. The Kier molecular flexibility index (Phi) is 8.94. The number of para-hydroxylation sites is 1. The summed E-state index contributed by atoms with van der Waals surface area (Å²) in [5.41, 5.74) is 0.592. The Morgan fingerprint density at radius 3 is 2.50 bits per heavy atom. The van der Waals surface area contributed by atoms with Crippen LogP contribution in [0.15, 0.2) is 24.3 Å². The molecule has 0 atom stereocenters. The van der Waals surface area contributed by atoms with Crippen molar-refractivity contribution in [3.8, 4) is 5.75 Å². The van der Waals surface area contributed by atoms with E-state index in [1.165, 1.54) is 38.5 Å². The number of benzene rings is 1. The molecule has 4 nitrogen and oxygen atoms in total. The number of methoxy groups -OCH3 is 1. The van der Waals surface area contributed by atoms with Crippen molar-refractivity contribution in [3.05, 3.63) is 29.8 Å². The van der Waals surface area contributed by atoms with Gasteiger partial charge in [-0.1, -0.05) is 37.8 Å². The number of halogens is 1. The first-order chi connectivity index (χ1) is 10.3. The number of amides is 1. The van der Waals surface area contributed by atoms with Crippen LogP contribution in [0.2, 0.25) is 0 Å². The fourth-order valence-corrected chi connectivity index (χ4v) is 2.86. The summed E-state index contributed by atoms with van der Waals surface area (Å²) < 4.78 is 5.21. The number of hydrogen-bond donors (Lipinski definition) is 2. The molecule has 0 aromatic heterocycles. The van der Waals surface area contributed by atoms with Crippen LogP contribution in [-0.4, -0.2) is 32.1 Å². The van der Waals surface area contributed by atoms with Crippen LogP contribution in [0.4, 0.5) is 0 Å². The Hall–Kier alpha value is -1.26. The molecule has 0 saturated heterocycles. The fraction of sp³-hybridized carbons (Fsp3) is 0.588. The number of carbonyl (C=O) groups excluding carboxylic acids is 1. The van der Waals surface area contributed by atoms with E-state index in [4.69, 9.17) is 4.74 Å². The first-order valence-corrected chi connectivity index (χ1v) is 7.96. The molecule has 2 N–H and O–H groups in total. The van der Waals surface area contributed by atoms with E-state index in [1.807, 2.05) is 12.1 Å². The average Bonchev–Trinajstić information content (AvgIpc) is 2.80. The van der Waals surface area contributed by atoms with Gasteiger partial charge in [-0.3, -0.25) is 4.79 Å². The molecule has 1 saturated carbocycles. The second-order valence-electron chi connectivity index (χ2n) is 5.60. The van der Waals surface area contributed by atoms with Gasteiger partial charge in [-0.15, -0.1) is 12.4 Å². The molecule has 2 rings (SSSR count). The predicted octanol–water partition coefficient (Wildman–Crippen LogP) is 3.16. The summed E-state index contributed by atoms with van der Waals surface area (Å²) in [6, 6.07) is 7.92. The molecule has 1 amide bonds. The first-order valence-electron chi connectivity index (χ1n) is 7.96. The minimum absolute atomic E-state index is 0. The van der Waals surface area contributed by atoms with E-state index in [9.17, 15) is 4.79 Å². The molecular formula is C17H27ClN2O2. The molecule has 0 unspecified atom stereocenters. The SMILES string of the molecule is COc1ccccc1C(=O)NCCNC1CCCCCC1.Cl. The number of carbonyl (C=O) groups is 1. The number of rotatable bonds is 6. The smallest absolute Gasteiger partial charge is 0.255 e. The second kappa shape index (κ2) is 10.5. The predicted molar refractivity (Wildman–Crippen MR) is 92.1 cm³/mol. The molecule has 0 radical (unpaired) electrons. The normalized spacial score (nSPS) is 15.5. The van der Waals surface area contributed by atoms with Crippen molar-refractivity contribution in [2.45, 2.75) is 44.6 Å². The molecule has 0 heterocycles. The maximum absolute atomic E-state index is 12.1. The second-order valence-corrected chi connectivity index (χ2v) is 5.60. The van der Waals surface area contributed by atoms with E-state index in [0.717, 1.165) is 6.54 Å². The third-order valence-electron chi connectivity index (χ3n) is 4.05. The van der Waals surface area contributed by atoms with Gasteiger partial charge in [-0.25, -0.2) is 0 Å². The largest absolute Gasteiger partial charge is 0.496 e. The molecule has 0 spiro atoms. The Morgan fingerprint density at radius 2 is 1.82 bits per heavy atom. The zero-order valence-corrected chi connectivity index (χ0v) is 14.1. The van der Waals surface area contributed by atoms with Crippen LogP contribution in [0.1, 0.15) is 48.9 Å². The summed E-state index contributed by atoms with van der Waals surface area (Å²) in [5, 5.41) is 6.50. The van der Waals surface area contributed by atoms with Gasteiger partial charge in [0.2, 0.25) is 0 Å². The number of nitrogens with one attached hydrogen (secondary N) is 2. The maximum atomic E-state index is 12.1. The van der Waals surface area contributed by atoms with Crippen LogP contribution in [-0.2, 0) is 0 Å². The van der Waals surface area contributed by atoms with Gasteiger partial charge in [0.15, 0.2) is 0 Å². The monoisotopic (exact) mass is 326 g/mol. The molecule has 124 valence electrons. The molecule has 1 aromatic carbocycles. The molecule has 0 bridgehead atoms. The molecular weight excluding hydrogens is 300 g/mol. The topological polar surface area (TPSA) is 50.4 Å². The Labute approximate surface area is 139 Å². The minimum Gasteiger partial charge on any atom is -0.496 e. The van der Waals surface area contributed by atoms with E-state index in [2.05, 4.69) is 10.6 Å². The van der Waals surface area contributed by atoms with Crippen molar-refractivity contribution in [2.24, 2.45) is 0 Å². The summed E-state index contributed by atoms with van der Waals surface area (Å²) >= 11 is 0. The van der Waals surface area contributed by atoms with Crippen LogP contribution >= 0.6 is 12.4 Å². The van der Waals surface area contributed by atoms with Crippen molar-refractivity contribution in [2.75, 3.05) is 20.2 Å². The molecule has 1 fully saturated rings. The van der Waals surface area contributed by atoms with E-state index in [-0.39, 0.29) is 18.3 Å². The minimum atomic E-state index is -0.0740. The summed E-state index contributed by atoms with van der Waals surface area (Å²) in [6.45, 7) is 1.47. The Bertz CT molecular complexity index is 446. The van der Waals surface area contributed by atoms with Gasteiger partial charge in [0.1, 0.15) is 5.75 Å². The maximum Gasteiger partial charge on any atom is 0.255 e. The van der Waals surface area contributed by atoms with Crippen LogP contribution < -0.4 is 15.4 Å². The fourth-order valence-electron chi connectivity index (χ4n) is 2.86. The molecule has 1 aliphatic carbocycles. The highest BCUT2D eigenvalue weighted by Crippen LogP contribution is 2.17. The summed E-state index contributed by atoms with van der Waals surface area (Å²) in [5.74, 6) is 0.543. The summed E-state index contributed by atoms with van der Waals surface area (Å²) in [7, 11) is 1.58. The van der Waals surface area contributed by atoms with Gasteiger partial charge >= 0.3 is 0 Å². The van der Waals surface area contributed by atoms with Gasteiger partial charge in [0.25, 0.3) is 5.91 Å². The molecule has 1 aromatic rings. The van der Waals surface area contributed by atoms with E-state index in [0.29, 0.717) is 23.9 Å². The van der Waals surface area contributed by atoms with Crippen molar-refractivity contribution in [3.63, 3.8) is 0 Å². The lowest BCUT2D eigenvalue weighted by Crippen LogP contribution is -2.36. The van der Waals surface area contributed by atoms with Gasteiger partial charge in [0, 0.05) is 19.1 Å². The van der Waals surface area contributed by atoms with Crippen LogP contribution in [0.25, 0.3) is 0 Å². The highest BCUT2D eigenvalue weighted by molar-refractivity contribution is 5.96. The van der Waals surface area contributed by atoms with Crippen LogP contribution in [0.3, 0.4) is 0 Å². The molecule has 22 heavy (non-hydrogen) atoms. The zero-order valence-electron chi connectivity index (χ0n) is 13.3. The van der Waals surface area contributed by atoms with Gasteiger partial charge in [-0.2, -0.15) is 0 Å². The van der Waals surface area contributed by atoms with Crippen LogP contribution in [0, 0.1) is 0 Å². The van der Waals surface area contributed by atoms with Crippen molar-refractivity contribution < 1.29 is 9.53 Å². The lowest BCUT2D eigenvalue weighted by atomic mass is 10.1. The van der Waals surface area contributed by atoms with Gasteiger partial charge in [0.05, 0.1) is 12.7 Å². The third-order valence-corrected chi connectivity index (χ3v) is 4.05. The van der Waals surface area contributed by atoms with Gasteiger partial charge < -0.3 is 15.4 Å². The van der Waals surface area contributed by atoms with E-state index < -0.39 is 0 Å². The van der Waals surface area contributed by atoms with Gasteiger partial charge in [-0.05, 0) is 25.0 Å². The quantitative estimate of drug-likeness (QED) is 0.623. The molecule has 5 heteroatoms. The zero-order chi connectivity index (χ0) is 14.9. The third kappa shape index (κ3) is 5.85. The first kappa shape index (κ1) is 18.8. The van der Waals surface area contributed by atoms with E-state index in [1.54, 1.807) is 19.2 Å². The van der Waals surface area contributed by atoms with Crippen molar-refractivity contribution in [1.82, 2.24) is 10.6 Å². The standard InChI is InChI=1S/C17H26N2O2.ClH/c1-21-16-11-7-6-10-15(16)17(20)19-13-12-18-14-8-4-2-3-5-9-14;/h6-7,10-11,14,18H,2-5,8-9,12-13H2,1H3,(H,19,20);1H. The van der Waals surface area contributed by atoms with E-state index >= 15 is 0 Å². The highest BCUT2D eigenvalue weighted by atomic mass is 35.5. The number of hydrogen-bond acceptors (Lipinski definition) is 3. The Morgan fingerprint density at radius 1 is 1.14 bits per heavy atom. The average molecular weight is 327 g/mol. The van der Waals surface area contributed by atoms with Crippen LogP contribution in [0.5, 0.6) is 5.75 Å². The summed E-state index contributed by atoms with van der Waals surface area (Å²) in [4.78, 5) is 12.1. The van der Waals surface area contributed by atoms with Crippen molar-refractivity contribution >= 4 is 18.3 Å². The number of ether oxygens (including phenoxy) is 1. The Balaban J connectivity index is 0.00000242.